The van der Waals surface area contributed by atoms with Gasteiger partial charge < -0.3 is 44.5 Å². The Kier molecular flexibility index (Phi) is 5.48. The molecule has 0 spiro atoms. The summed E-state index contributed by atoms with van der Waals surface area (Å²) in [7, 11) is 0. The largest absolute Gasteiger partial charge is 0.508 e. The Morgan fingerprint density at radius 2 is 1.66 bits per heavy atom. The number of hydrogen-bond acceptors (Lipinski definition) is 10. The molecular weight excluding hydrogens is 428 g/mol. The van der Waals surface area contributed by atoms with Gasteiger partial charge in [-0.25, -0.2) is 4.79 Å². The molecule has 1 saturated heterocycles. The van der Waals surface area contributed by atoms with Gasteiger partial charge in [-0.15, -0.1) is 0 Å². The number of aliphatic carboxylic acids is 1. The third-order valence-corrected chi connectivity index (χ3v) is 5.07. The van der Waals surface area contributed by atoms with E-state index in [0.717, 1.165) is 12.3 Å². The molecule has 0 radical (unpaired) electrons. The normalized spacial score (nSPS) is 25.5. The molecule has 0 amide bonds. The van der Waals surface area contributed by atoms with E-state index in [1.54, 1.807) is 0 Å². The van der Waals surface area contributed by atoms with Crippen LogP contribution < -0.4 is 10.2 Å². The quantitative estimate of drug-likeness (QED) is 0.320. The predicted octanol–water partition coefficient (Wildman–Crippen LogP) is 0.142. The van der Waals surface area contributed by atoms with Crippen molar-refractivity contribution in [3.05, 3.63) is 52.9 Å². The lowest BCUT2D eigenvalue weighted by atomic mass is 9.99. The lowest BCUT2D eigenvalue weighted by molar-refractivity contribution is -0.271. The molecule has 0 aliphatic carbocycles. The standard InChI is InChI=1S/C21H18O11/c22-9-3-1-8(2-4-9)11-7-30-13-6-10(5-12(23)14(13)15(11)24)31-21-18(27)16(25)17(26)19(32-21)20(28)29/h1-7,16-19,21-23,25-27H,(H,28,29)/t16-,17-,18+,19-,21+/m1/s1. The minimum Gasteiger partial charge on any atom is -0.508 e. The van der Waals surface area contributed by atoms with Gasteiger partial charge in [0, 0.05) is 12.1 Å². The van der Waals surface area contributed by atoms with Crippen LogP contribution in [0.3, 0.4) is 0 Å². The Morgan fingerprint density at radius 3 is 2.31 bits per heavy atom. The predicted molar refractivity (Wildman–Crippen MR) is 106 cm³/mol. The highest BCUT2D eigenvalue weighted by atomic mass is 16.7. The van der Waals surface area contributed by atoms with Crippen molar-refractivity contribution < 1.29 is 49.3 Å². The maximum atomic E-state index is 12.9. The van der Waals surface area contributed by atoms with Gasteiger partial charge in [-0.05, 0) is 17.7 Å². The molecule has 0 unspecified atom stereocenters. The van der Waals surface area contributed by atoms with E-state index in [1.807, 2.05) is 0 Å². The Bertz CT molecular complexity index is 1220. The van der Waals surface area contributed by atoms with Crippen molar-refractivity contribution >= 4 is 16.9 Å². The van der Waals surface area contributed by atoms with Crippen LogP contribution in [0.15, 0.2) is 51.9 Å². The van der Waals surface area contributed by atoms with Crippen LogP contribution in [0.2, 0.25) is 0 Å². The third-order valence-electron chi connectivity index (χ3n) is 5.07. The monoisotopic (exact) mass is 446 g/mol. The molecule has 11 nitrogen and oxygen atoms in total. The van der Waals surface area contributed by atoms with Crippen molar-refractivity contribution in [2.24, 2.45) is 0 Å². The summed E-state index contributed by atoms with van der Waals surface area (Å²) in [5.74, 6) is -2.25. The highest BCUT2D eigenvalue weighted by molar-refractivity contribution is 5.88. The number of carbonyl (C=O) groups is 1. The van der Waals surface area contributed by atoms with Crippen molar-refractivity contribution in [3.63, 3.8) is 0 Å². The second kappa shape index (κ2) is 8.13. The van der Waals surface area contributed by atoms with E-state index >= 15 is 0 Å². The zero-order valence-corrected chi connectivity index (χ0v) is 16.2. The number of phenols is 2. The van der Waals surface area contributed by atoms with Crippen molar-refractivity contribution in [2.75, 3.05) is 0 Å². The van der Waals surface area contributed by atoms with Crippen LogP contribution >= 0.6 is 0 Å². The van der Waals surface area contributed by atoms with Gasteiger partial charge in [0.05, 0.1) is 5.56 Å². The van der Waals surface area contributed by atoms with E-state index in [2.05, 4.69) is 0 Å². The first-order valence-electron chi connectivity index (χ1n) is 9.34. The van der Waals surface area contributed by atoms with Crippen LogP contribution in [-0.2, 0) is 9.53 Å². The average molecular weight is 446 g/mol. The number of fused-ring (bicyclic) bond motifs is 1. The zero-order chi connectivity index (χ0) is 23.2. The number of ether oxygens (including phenoxy) is 2. The Hall–Kier alpha value is -3.64. The first kappa shape index (κ1) is 21.6. The summed E-state index contributed by atoms with van der Waals surface area (Å²) >= 11 is 0. The number of carboxylic acids is 1. The van der Waals surface area contributed by atoms with Gasteiger partial charge in [-0.3, -0.25) is 4.79 Å². The molecular formula is C21H18O11. The lowest BCUT2D eigenvalue weighted by Crippen LogP contribution is -2.61. The maximum Gasteiger partial charge on any atom is 0.335 e. The van der Waals surface area contributed by atoms with E-state index in [9.17, 15) is 35.1 Å². The minimum absolute atomic E-state index is 0.0125. The fourth-order valence-electron chi connectivity index (χ4n) is 3.40. The molecule has 3 aromatic rings. The number of benzene rings is 2. The SMILES string of the molecule is O=C(O)[C@@H]1O[C@H](Oc2cc(O)c3c(=O)c(-c4ccc(O)cc4)coc3c2)[C@@H](O)[C@H](O)[C@H]1O. The first-order chi connectivity index (χ1) is 15.2. The van der Waals surface area contributed by atoms with E-state index in [1.165, 1.54) is 30.3 Å². The maximum absolute atomic E-state index is 12.9. The summed E-state index contributed by atoms with van der Waals surface area (Å²) in [5.41, 5.74) is -0.0503. The number of aliphatic hydroxyl groups excluding tert-OH is 3. The highest BCUT2D eigenvalue weighted by Gasteiger charge is 2.48. The summed E-state index contributed by atoms with van der Waals surface area (Å²) in [4.78, 5) is 24.1. The number of aromatic hydroxyl groups is 2. The van der Waals surface area contributed by atoms with Crippen molar-refractivity contribution in [1.82, 2.24) is 0 Å². The third kappa shape index (κ3) is 3.74. The van der Waals surface area contributed by atoms with Crippen molar-refractivity contribution in [2.45, 2.75) is 30.7 Å². The molecule has 168 valence electrons. The second-order valence-electron chi connectivity index (χ2n) is 7.19. The van der Waals surface area contributed by atoms with Gasteiger partial charge in [0.25, 0.3) is 0 Å². The van der Waals surface area contributed by atoms with Gasteiger partial charge >= 0.3 is 5.97 Å². The summed E-state index contributed by atoms with van der Waals surface area (Å²) in [5, 5.41) is 58.5. The molecule has 4 rings (SSSR count). The number of hydrogen-bond donors (Lipinski definition) is 6. The molecule has 1 aliphatic heterocycles. The van der Waals surface area contributed by atoms with E-state index in [0.29, 0.717) is 5.56 Å². The number of aliphatic hydroxyl groups is 3. The Morgan fingerprint density at radius 1 is 0.969 bits per heavy atom. The van der Waals surface area contributed by atoms with Crippen molar-refractivity contribution in [3.8, 4) is 28.4 Å². The smallest absolute Gasteiger partial charge is 0.335 e. The van der Waals surface area contributed by atoms with Crippen molar-refractivity contribution in [1.29, 1.82) is 0 Å². The molecule has 1 aliphatic rings. The Balaban J connectivity index is 1.68. The molecule has 32 heavy (non-hydrogen) atoms. The molecule has 5 atom stereocenters. The zero-order valence-electron chi connectivity index (χ0n) is 16.2. The molecule has 0 saturated carbocycles. The molecule has 6 N–H and O–H groups in total. The average Bonchev–Trinajstić information content (AvgIpc) is 2.74. The molecule has 2 heterocycles. The summed E-state index contributed by atoms with van der Waals surface area (Å²) in [6.07, 6.45) is -7.96. The van der Waals surface area contributed by atoms with E-state index < -0.39 is 47.9 Å². The van der Waals surface area contributed by atoms with Gasteiger partial charge in [-0.2, -0.15) is 0 Å². The van der Waals surface area contributed by atoms with Crippen LogP contribution in [0.25, 0.3) is 22.1 Å². The molecule has 1 aromatic heterocycles. The number of phenolic OH excluding ortho intramolecular Hbond substituents is 2. The van der Waals surface area contributed by atoms with Crippen LogP contribution in [0, 0.1) is 0 Å². The highest BCUT2D eigenvalue weighted by Crippen LogP contribution is 2.32. The van der Waals surface area contributed by atoms with Gasteiger partial charge in [0.1, 0.15) is 52.8 Å². The van der Waals surface area contributed by atoms with Crippen LogP contribution in [0.1, 0.15) is 0 Å². The number of carboxylic acid groups (broad SMARTS) is 1. The van der Waals surface area contributed by atoms with Crippen LogP contribution in [0.4, 0.5) is 0 Å². The molecule has 11 heteroatoms. The van der Waals surface area contributed by atoms with Crippen LogP contribution in [0.5, 0.6) is 17.2 Å². The lowest BCUT2D eigenvalue weighted by Gasteiger charge is -2.38. The molecule has 0 bridgehead atoms. The second-order valence-corrected chi connectivity index (χ2v) is 7.19. The summed E-state index contributed by atoms with van der Waals surface area (Å²) < 4.78 is 15.9. The number of rotatable bonds is 4. The fraction of sp³-hybridized carbons (Fsp3) is 0.238. The van der Waals surface area contributed by atoms with Gasteiger partial charge in [0.2, 0.25) is 11.7 Å². The van der Waals surface area contributed by atoms with Crippen LogP contribution in [-0.4, -0.2) is 67.3 Å². The first-order valence-corrected chi connectivity index (χ1v) is 9.34. The Labute approximate surface area is 178 Å². The van der Waals surface area contributed by atoms with E-state index in [-0.39, 0.29) is 28.0 Å². The molecule has 1 fully saturated rings. The topological polar surface area (TPSA) is 187 Å². The van der Waals surface area contributed by atoms with Gasteiger partial charge in [0.15, 0.2) is 6.10 Å². The minimum atomic E-state index is -1.89. The van der Waals surface area contributed by atoms with Gasteiger partial charge in [-0.1, -0.05) is 12.1 Å². The fourth-order valence-corrected chi connectivity index (χ4v) is 3.40. The summed E-state index contributed by atoms with van der Waals surface area (Å²) in [6.45, 7) is 0. The molecule has 2 aromatic carbocycles. The van der Waals surface area contributed by atoms with E-state index in [4.69, 9.17) is 19.0 Å². The summed E-state index contributed by atoms with van der Waals surface area (Å²) in [6, 6.07) is 8.02.